The van der Waals surface area contributed by atoms with Gasteiger partial charge in [-0.25, -0.2) is 0 Å². The average Bonchev–Trinajstić information content (AvgIpc) is 2.61. The van der Waals surface area contributed by atoms with Gasteiger partial charge in [0.15, 0.2) is 0 Å². The zero-order valence-electron chi connectivity index (χ0n) is 7.46. The van der Waals surface area contributed by atoms with Gasteiger partial charge in [-0.3, -0.25) is 4.98 Å². The standard InChI is InChI=1S/C10H13BrN2/c11-10-3-5-12-7-8(10)6-9-2-1-4-13-9/h3,5,7,9,13H,1-2,4,6H2. The van der Waals surface area contributed by atoms with Gasteiger partial charge in [-0.1, -0.05) is 15.9 Å². The Hall–Kier alpha value is -0.410. The van der Waals surface area contributed by atoms with E-state index in [0.29, 0.717) is 6.04 Å². The fourth-order valence-corrected chi connectivity index (χ4v) is 2.14. The maximum absolute atomic E-state index is 4.13. The number of nitrogens with one attached hydrogen (secondary N) is 1. The maximum atomic E-state index is 4.13. The summed E-state index contributed by atoms with van der Waals surface area (Å²) in [5.41, 5.74) is 1.31. The molecule has 2 nitrogen and oxygen atoms in total. The largest absolute Gasteiger partial charge is 0.314 e. The zero-order chi connectivity index (χ0) is 9.10. The van der Waals surface area contributed by atoms with Crippen LogP contribution in [0.4, 0.5) is 0 Å². The molecule has 0 aromatic carbocycles. The van der Waals surface area contributed by atoms with Crippen molar-refractivity contribution in [3.8, 4) is 0 Å². The van der Waals surface area contributed by atoms with Gasteiger partial charge in [0.2, 0.25) is 0 Å². The molecule has 1 aliphatic heterocycles. The molecule has 2 rings (SSSR count). The van der Waals surface area contributed by atoms with E-state index >= 15 is 0 Å². The lowest BCUT2D eigenvalue weighted by atomic mass is 10.1. The van der Waals surface area contributed by atoms with E-state index in [0.717, 1.165) is 6.42 Å². The normalized spacial score (nSPS) is 22.1. The third kappa shape index (κ3) is 2.29. The number of hydrogen-bond donors (Lipinski definition) is 1. The minimum absolute atomic E-state index is 0.653. The summed E-state index contributed by atoms with van der Waals surface area (Å²) in [4.78, 5) is 4.13. The highest BCUT2D eigenvalue weighted by Crippen LogP contribution is 2.18. The SMILES string of the molecule is Brc1ccncc1CC1CCCN1. The number of hydrogen-bond acceptors (Lipinski definition) is 2. The van der Waals surface area contributed by atoms with E-state index in [4.69, 9.17) is 0 Å². The van der Waals surface area contributed by atoms with E-state index in [1.54, 1.807) is 0 Å². The summed E-state index contributed by atoms with van der Waals surface area (Å²) in [6, 6.07) is 2.66. The van der Waals surface area contributed by atoms with Crippen molar-refractivity contribution in [2.45, 2.75) is 25.3 Å². The lowest BCUT2D eigenvalue weighted by Crippen LogP contribution is -2.23. The van der Waals surface area contributed by atoms with Gasteiger partial charge in [0, 0.05) is 22.9 Å². The summed E-state index contributed by atoms with van der Waals surface area (Å²) < 4.78 is 1.18. The molecule has 0 amide bonds. The second kappa shape index (κ2) is 4.20. The number of nitrogens with zero attached hydrogens (tertiary/aromatic N) is 1. The van der Waals surface area contributed by atoms with Crippen molar-refractivity contribution < 1.29 is 0 Å². The van der Waals surface area contributed by atoms with E-state index in [2.05, 4.69) is 26.2 Å². The van der Waals surface area contributed by atoms with Crippen LogP contribution in [0.5, 0.6) is 0 Å². The minimum atomic E-state index is 0.653. The van der Waals surface area contributed by atoms with E-state index in [1.807, 2.05) is 18.5 Å². The molecule has 0 aliphatic carbocycles. The van der Waals surface area contributed by atoms with Crippen LogP contribution in [-0.4, -0.2) is 17.6 Å². The van der Waals surface area contributed by atoms with E-state index in [-0.39, 0.29) is 0 Å². The molecule has 0 bridgehead atoms. The average molecular weight is 241 g/mol. The molecule has 70 valence electrons. The van der Waals surface area contributed by atoms with Crippen molar-refractivity contribution in [3.05, 3.63) is 28.5 Å². The van der Waals surface area contributed by atoms with Gasteiger partial charge in [0.1, 0.15) is 0 Å². The highest BCUT2D eigenvalue weighted by molar-refractivity contribution is 9.10. The van der Waals surface area contributed by atoms with Crippen LogP contribution in [0, 0.1) is 0 Å². The monoisotopic (exact) mass is 240 g/mol. The van der Waals surface area contributed by atoms with Gasteiger partial charge < -0.3 is 5.32 Å². The fraction of sp³-hybridized carbons (Fsp3) is 0.500. The molecule has 1 N–H and O–H groups in total. The van der Waals surface area contributed by atoms with E-state index in [1.165, 1.54) is 29.4 Å². The van der Waals surface area contributed by atoms with E-state index in [9.17, 15) is 0 Å². The third-order valence-corrected chi connectivity index (χ3v) is 3.25. The summed E-state index contributed by atoms with van der Waals surface area (Å²) >= 11 is 3.54. The Morgan fingerprint density at radius 1 is 1.62 bits per heavy atom. The molecule has 3 heteroatoms. The van der Waals surface area contributed by atoms with Crippen LogP contribution in [0.15, 0.2) is 22.9 Å². The molecular weight excluding hydrogens is 228 g/mol. The van der Waals surface area contributed by atoms with Gasteiger partial charge in [-0.15, -0.1) is 0 Å². The second-order valence-electron chi connectivity index (χ2n) is 3.46. The summed E-state index contributed by atoms with van der Waals surface area (Å²) in [6.07, 6.45) is 7.46. The molecule has 0 spiro atoms. The van der Waals surface area contributed by atoms with Crippen LogP contribution in [0.1, 0.15) is 18.4 Å². The van der Waals surface area contributed by atoms with Crippen molar-refractivity contribution in [1.29, 1.82) is 0 Å². The van der Waals surface area contributed by atoms with Gasteiger partial charge >= 0.3 is 0 Å². The molecule has 1 aliphatic rings. The first-order chi connectivity index (χ1) is 6.36. The summed E-state index contributed by atoms with van der Waals surface area (Å²) in [6.45, 7) is 1.17. The Balaban J connectivity index is 2.04. The van der Waals surface area contributed by atoms with Crippen LogP contribution < -0.4 is 5.32 Å². The number of rotatable bonds is 2. The smallest absolute Gasteiger partial charge is 0.0311 e. The first-order valence-corrected chi connectivity index (χ1v) is 5.47. The predicted octanol–water partition coefficient (Wildman–Crippen LogP) is 2.14. The molecule has 1 saturated heterocycles. The van der Waals surface area contributed by atoms with Gasteiger partial charge in [0.05, 0.1) is 0 Å². The summed E-state index contributed by atoms with van der Waals surface area (Å²) in [5, 5.41) is 3.48. The molecule has 0 radical (unpaired) electrons. The Morgan fingerprint density at radius 3 is 3.23 bits per heavy atom. The maximum Gasteiger partial charge on any atom is 0.0311 e. The first kappa shape index (κ1) is 9.16. The Morgan fingerprint density at radius 2 is 2.54 bits per heavy atom. The van der Waals surface area contributed by atoms with Gasteiger partial charge in [-0.2, -0.15) is 0 Å². The predicted molar refractivity (Wildman–Crippen MR) is 56.7 cm³/mol. The molecule has 1 atom stereocenters. The quantitative estimate of drug-likeness (QED) is 0.858. The van der Waals surface area contributed by atoms with Crippen LogP contribution in [0.2, 0.25) is 0 Å². The van der Waals surface area contributed by atoms with Crippen LogP contribution in [0.25, 0.3) is 0 Å². The lowest BCUT2D eigenvalue weighted by Gasteiger charge is -2.10. The van der Waals surface area contributed by atoms with Crippen LogP contribution in [0.3, 0.4) is 0 Å². The molecular formula is C10H13BrN2. The third-order valence-electron chi connectivity index (χ3n) is 2.47. The molecule has 1 fully saturated rings. The van der Waals surface area contributed by atoms with Gasteiger partial charge in [-0.05, 0) is 37.4 Å². The lowest BCUT2D eigenvalue weighted by molar-refractivity contribution is 0.601. The van der Waals surface area contributed by atoms with Crippen molar-refractivity contribution >= 4 is 15.9 Å². The van der Waals surface area contributed by atoms with Crippen LogP contribution in [-0.2, 0) is 6.42 Å². The molecule has 0 saturated carbocycles. The highest BCUT2D eigenvalue weighted by atomic mass is 79.9. The Labute approximate surface area is 86.9 Å². The topological polar surface area (TPSA) is 24.9 Å². The molecule has 1 unspecified atom stereocenters. The Kier molecular flexibility index (Phi) is 2.96. The van der Waals surface area contributed by atoms with Gasteiger partial charge in [0.25, 0.3) is 0 Å². The summed E-state index contributed by atoms with van der Waals surface area (Å²) in [7, 11) is 0. The van der Waals surface area contributed by atoms with Crippen molar-refractivity contribution in [3.63, 3.8) is 0 Å². The minimum Gasteiger partial charge on any atom is -0.314 e. The molecule has 2 heterocycles. The summed E-state index contributed by atoms with van der Waals surface area (Å²) in [5.74, 6) is 0. The van der Waals surface area contributed by atoms with Crippen LogP contribution >= 0.6 is 15.9 Å². The molecule has 13 heavy (non-hydrogen) atoms. The van der Waals surface area contributed by atoms with Crippen molar-refractivity contribution in [2.75, 3.05) is 6.54 Å². The van der Waals surface area contributed by atoms with E-state index < -0.39 is 0 Å². The highest BCUT2D eigenvalue weighted by Gasteiger charge is 2.15. The second-order valence-corrected chi connectivity index (χ2v) is 4.32. The fourth-order valence-electron chi connectivity index (χ4n) is 1.76. The molecule has 1 aromatic rings. The Bertz CT molecular complexity index is 282. The number of pyridine rings is 1. The zero-order valence-corrected chi connectivity index (χ0v) is 9.05. The first-order valence-electron chi connectivity index (χ1n) is 4.68. The molecule has 1 aromatic heterocycles. The van der Waals surface area contributed by atoms with Crippen molar-refractivity contribution in [1.82, 2.24) is 10.3 Å². The number of aromatic nitrogens is 1. The van der Waals surface area contributed by atoms with Crippen molar-refractivity contribution in [2.24, 2.45) is 0 Å². The number of halogens is 1.